The minimum absolute atomic E-state index is 0.163. The monoisotopic (exact) mass is 408 g/mol. The SMILES string of the molecule is NC(=O)c1c(NC(=O)Nc2ccc(Cl)cc2)sc2c1CCCN(C(=O)O)C2. The molecule has 1 aliphatic heterocycles. The van der Waals surface area contributed by atoms with Crippen LogP contribution >= 0.6 is 22.9 Å². The lowest BCUT2D eigenvalue weighted by Crippen LogP contribution is -2.28. The first kappa shape index (κ1) is 19.0. The minimum atomic E-state index is -1.02. The second kappa shape index (κ2) is 7.85. The molecule has 0 aliphatic carbocycles. The first-order valence-electron chi connectivity index (χ1n) is 8.11. The second-order valence-electron chi connectivity index (χ2n) is 5.97. The summed E-state index contributed by atoms with van der Waals surface area (Å²) < 4.78 is 0. The summed E-state index contributed by atoms with van der Waals surface area (Å²) in [5, 5.41) is 15.4. The van der Waals surface area contributed by atoms with Gasteiger partial charge in [-0.05, 0) is 42.7 Å². The van der Waals surface area contributed by atoms with E-state index >= 15 is 0 Å². The molecule has 2 heterocycles. The van der Waals surface area contributed by atoms with Crippen LogP contribution in [0, 0.1) is 0 Å². The zero-order chi connectivity index (χ0) is 19.6. The van der Waals surface area contributed by atoms with Crippen LogP contribution in [0.3, 0.4) is 0 Å². The Kier molecular flexibility index (Phi) is 5.52. The Hall–Kier alpha value is -2.78. The number of nitrogens with one attached hydrogen (secondary N) is 2. The summed E-state index contributed by atoms with van der Waals surface area (Å²) in [6, 6.07) is 6.03. The molecule has 2 aromatic rings. The van der Waals surface area contributed by atoms with Crippen LogP contribution in [0.2, 0.25) is 5.02 Å². The molecule has 8 nitrogen and oxygen atoms in total. The zero-order valence-electron chi connectivity index (χ0n) is 14.1. The number of rotatable bonds is 3. The van der Waals surface area contributed by atoms with E-state index in [-0.39, 0.29) is 12.1 Å². The quantitative estimate of drug-likeness (QED) is 0.619. The molecule has 0 saturated heterocycles. The molecule has 1 aliphatic rings. The van der Waals surface area contributed by atoms with Crippen molar-refractivity contribution in [2.45, 2.75) is 19.4 Å². The highest BCUT2D eigenvalue weighted by Crippen LogP contribution is 2.36. The maximum Gasteiger partial charge on any atom is 0.407 e. The Balaban J connectivity index is 1.83. The summed E-state index contributed by atoms with van der Waals surface area (Å²) in [5.74, 6) is -0.655. The van der Waals surface area contributed by atoms with Crippen molar-refractivity contribution in [2.24, 2.45) is 5.73 Å². The van der Waals surface area contributed by atoms with Crippen LogP contribution in [-0.4, -0.2) is 34.6 Å². The highest BCUT2D eigenvalue weighted by Gasteiger charge is 2.27. The van der Waals surface area contributed by atoms with E-state index in [9.17, 15) is 19.5 Å². The van der Waals surface area contributed by atoms with Gasteiger partial charge in [0.1, 0.15) is 5.00 Å². The number of anilines is 2. The van der Waals surface area contributed by atoms with Crippen LogP contribution < -0.4 is 16.4 Å². The fourth-order valence-electron chi connectivity index (χ4n) is 2.91. The second-order valence-corrected chi connectivity index (χ2v) is 7.51. The molecule has 0 fully saturated rings. The molecule has 10 heteroatoms. The minimum Gasteiger partial charge on any atom is -0.465 e. The standard InChI is InChI=1S/C17H17ClN4O4S/c18-9-3-5-10(6-4-9)20-16(24)21-15-13(14(19)23)11-2-1-7-22(17(25)26)8-12(11)27-15/h3-6H,1-2,7-8H2,(H2,19,23)(H,25,26)(H2,20,21,24). The van der Waals surface area contributed by atoms with E-state index < -0.39 is 18.0 Å². The third-order valence-electron chi connectivity index (χ3n) is 4.13. The molecule has 0 atom stereocenters. The van der Waals surface area contributed by atoms with Gasteiger partial charge in [0.05, 0.1) is 12.1 Å². The molecule has 0 radical (unpaired) electrons. The molecule has 4 amide bonds. The lowest BCUT2D eigenvalue weighted by atomic mass is 10.1. The molecule has 0 unspecified atom stereocenters. The highest BCUT2D eigenvalue weighted by molar-refractivity contribution is 7.17. The number of primary amides is 1. The summed E-state index contributed by atoms with van der Waals surface area (Å²) in [5.41, 5.74) is 7.01. The Labute approximate surface area is 163 Å². The van der Waals surface area contributed by atoms with E-state index in [1.54, 1.807) is 24.3 Å². The summed E-state index contributed by atoms with van der Waals surface area (Å²) in [6.07, 6.45) is 0.0769. The van der Waals surface area contributed by atoms with Crippen LogP contribution in [0.4, 0.5) is 20.3 Å². The van der Waals surface area contributed by atoms with E-state index in [4.69, 9.17) is 17.3 Å². The van der Waals surface area contributed by atoms with E-state index in [0.29, 0.717) is 45.5 Å². The highest BCUT2D eigenvalue weighted by atomic mass is 35.5. The van der Waals surface area contributed by atoms with Crippen molar-refractivity contribution >= 4 is 51.7 Å². The molecule has 0 bridgehead atoms. The maximum atomic E-state index is 12.3. The normalized spacial score (nSPS) is 13.4. The largest absolute Gasteiger partial charge is 0.465 e. The number of carbonyl (C=O) groups is 3. The van der Waals surface area contributed by atoms with E-state index in [1.165, 1.54) is 16.2 Å². The van der Waals surface area contributed by atoms with Crippen molar-refractivity contribution in [3.05, 3.63) is 45.3 Å². The Morgan fingerprint density at radius 2 is 1.89 bits per heavy atom. The number of carboxylic acid groups (broad SMARTS) is 1. The van der Waals surface area contributed by atoms with Crippen molar-refractivity contribution in [1.82, 2.24) is 4.90 Å². The molecule has 3 rings (SSSR count). The topological polar surface area (TPSA) is 125 Å². The molecule has 1 aromatic heterocycles. The molecule has 27 heavy (non-hydrogen) atoms. The average Bonchev–Trinajstić information content (AvgIpc) is 2.79. The van der Waals surface area contributed by atoms with Crippen molar-refractivity contribution in [2.75, 3.05) is 17.2 Å². The van der Waals surface area contributed by atoms with Crippen LogP contribution in [-0.2, 0) is 13.0 Å². The third kappa shape index (κ3) is 4.32. The van der Waals surface area contributed by atoms with E-state index in [0.717, 1.165) is 0 Å². The number of amides is 4. The van der Waals surface area contributed by atoms with Crippen molar-refractivity contribution in [3.8, 4) is 0 Å². The summed E-state index contributed by atoms with van der Waals surface area (Å²) in [7, 11) is 0. The maximum absolute atomic E-state index is 12.3. The van der Waals surface area contributed by atoms with Crippen LogP contribution in [0.5, 0.6) is 0 Å². The van der Waals surface area contributed by atoms with Gasteiger partial charge in [0.25, 0.3) is 5.91 Å². The average molecular weight is 409 g/mol. The lowest BCUT2D eigenvalue weighted by Gasteiger charge is -2.15. The number of hydrogen-bond donors (Lipinski definition) is 4. The van der Waals surface area contributed by atoms with Gasteiger partial charge in [-0.2, -0.15) is 0 Å². The van der Waals surface area contributed by atoms with Gasteiger partial charge in [-0.1, -0.05) is 11.6 Å². The van der Waals surface area contributed by atoms with Gasteiger partial charge in [0.15, 0.2) is 0 Å². The number of urea groups is 1. The van der Waals surface area contributed by atoms with Gasteiger partial charge < -0.3 is 21.1 Å². The number of fused-ring (bicyclic) bond motifs is 1. The number of nitrogens with two attached hydrogens (primary N) is 1. The number of carbonyl (C=O) groups excluding carboxylic acids is 2. The number of halogens is 1. The molecule has 142 valence electrons. The summed E-state index contributed by atoms with van der Waals surface area (Å²) in [4.78, 5) is 37.6. The van der Waals surface area contributed by atoms with Gasteiger partial charge in [0.2, 0.25) is 0 Å². The third-order valence-corrected chi connectivity index (χ3v) is 5.51. The van der Waals surface area contributed by atoms with Gasteiger partial charge in [-0.25, -0.2) is 9.59 Å². The fraction of sp³-hybridized carbons (Fsp3) is 0.235. The number of benzene rings is 1. The molecular formula is C17H17ClN4O4S. The van der Waals surface area contributed by atoms with Crippen LogP contribution in [0.25, 0.3) is 0 Å². The Morgan fingerprint density at radius 3 is 2.52 bits per heavy atom. The predicted octanol–water partition coefficient (Wildman–Crippen LogP) is 3.57. The molecular weight excluding hydrogens is 392 g/mol. The number of nitrogens with zero attached hydrogens (tertiary/aromatic N) is 1. The van der Waals surface area contributed by atoms with Gasteiger partial charge in [0, 0.05) is 22.1 Å². The molecule has 1 aromatic carbocycles. The summed E-state index contributed by atoms with van der Waals surface area (Å²) >= 11 is 6.98. The molecule has 5 N–H and O–H groups in total. The summed E-state index contributed by atoms with van der Waals surface area (Å²) in [6.45, 7) is 0.546. The first-order chi connectivity index (χ1) is 12.8. The molecule has 0 saturated carbocycles. The van der Waals surface area contributed by atoms with E-state index in [2.05, 4.69) is 10.6 Å². The van der Waals surface area contributed by atoms with Crippen molar-refractivity contribution in [1.29, 1.82) is 0 Å². The van der Waals surface area contributed by atoms with Crippen molar-refractivity contribution < 1.29 is 19.5 Å². The zero-order valence-corrected chi connectivity index (χ0v) is 15.7. The Bertz CT molecular complexity index is 897. The van der Waals surface area contributed by atoms with Crippen molar-refractivity contribution in [3.63, 3.8) is 0 Å². The number of thiophene rings is 1. The van der Waals surface area contributed by atoms with Gasteiger partial charge >= 0.3 is 12.1 Å². The van der Waals surface area contributed by atoms with Crippen LogP contribution in [0.1, 0.15) is 27.2 Å². The fourth-order valence-corrected chi connectivity index (χ4v) is 4.30. The Morgan fingerprint density at radius 1 is 1.19 bits per heavy atom. The lowest BCUT2D eigenvalue weighted by molar-refractivity contribution is 0.100. The number of hydrogen-bond acceptors (Lipinski definition) is 4. The molecule has 0 spiro atoms. The smallest absolute Gasteiger partial charge is 0.407 e. The van der Waals surface area contributed by atoms with Crippen LogP contribution in [0.15, 0.2) is 24.3 Å². The van der Waals surface area contributed by atoms with E-state index in [1.807, 2.05) is 0 Å². The first-order valence-corrected chi connectivity index (χ1v) is 9.30. The van der Waals surface area contributed by atoms with Gasteiger partial charge in [-0.15, -0.1) is 11.3 Å². The van der Waals surface area contributed by atoms with Gasteiger partial charge in [-0.3, -0.25) is 10.1 Å². The predicted molar refractivity (Wildman–Crippen MR) is 104 cm³/mol.